The Kier molecular flexibility index (Phi) is 4.96. The van der Waals surface area contributed by atoms with Crippen LogP contribution in [0.4, 0.5) is 10.1 Å². The van der Waals surface area contributed by atoms with Crippen LogP contribution in [-0.4, -0.2) is 14.1 Å². The van der Waals surface area contributed by atoms with Gasteiger partial charge in [-0.05, 0) is 40.7 Å². The lowest BCUT2D eigenvalue weighted by Crippen LogP contribution is -2.20. The Labute approximate surface area is 125 Å². The molecule has 1 aromatic carbocycles. The highest BCUT2D eigenvalue weighted by Gasteiger charge is 2.13. The summed E-state index contributed by atoms with van der Waals surface area (Å²) in [5, 5.41) is 5.12. The first-order valence-corrected chi connectivity index (χ1v) is 7.65. The summed E-state index contributed by atoms with van der Waals surface area (Å²) < 4.78 is 15.1. The van der Waals surface area contributed by atoms with Crippen molar-refractivity contribution in [2.24, 2.45) is 0 Å². The van der Waals surface area contributed by atoms with Gasteiger partial charge >= 0.3 is 0 Å². The highest BCUT2D eigenvalue weighted by molar-refractivity contribution is 9.10. The highest BCUT2D eigenvalue weighted by Crippen LogP contribution is 2.27. The minimum Gasteiger partial charge on any atom is -0.367 e. The van der Waals surface area contributed by atoms with Gasteiger partial charge in [-0.15, -0.1) is 11.3 Å². The van der Waals surface area contributed by atoms with Crippen LogP contribution in [0.5, 0.6) is 0 Å². The molecular formula is C14H16BrFN2S. The van der Waals surface area contributed by atoms with Gasteiger partial charge in [-0.1, -0.05) is 12.1 Å². The molecule has 2 nitrogen and oxygen atoms in total. The normalized spacial score (nSPS) is 10.7. The van der Waals surface area contributed by atoms with Crippen LogP contribution in [0, 0.1) is 5.82 Å². The first-order chi connectivity index (χ1) is 9.11. The molecule has 0 unspecified atom stereocenters. The molecule has 19 heavy (non-hydrogen) atoms. The minimum absolute atomic E-state index is 0.175. The first-order valence-electron chi connectivity index (χ1n) is 5.98. The van der Waals surface area contributed by atoms with Gasteiger partial charge in [0, 0.05) is 28.3 Å². The van der Waals surface area contributed by atoms with E-state index in [1.807, 2.05) is 30.4 Å². The van der Waals surface area contributed by atoms with Crippen molar-refractivity contribution < 1.29 is 4.39 Å². The van der Waals surface area contributed by atoms with E-state index in [0.717, 1.165) is 10.0 Å². The van der Waals surface area contributed by atoms with Gasteiger partial charge in [0.2, 0.25) is 0 Å². The Balaban J connectivity index is 2.24. The van der Waals surface area contributed by atoms with Crippen LogP contribution in [0.15, 0.2) is 34.1 Å². The molecule has 2 aromatic rings. The van der Waals surface area contributed by atoms with Gasteiger partial charge in [-0.3, -0.25) is 0 Å². The van der Waals surface area contributed by atoms with Crippen LogP contribution < -0.4 is 10.2 Å². The zero-order valence-electron chi connectivity index (χ0n) is 10.9. The third kappa shape index (κ3) is 3.55. The molecule has 1 N–H and O–H groups in total. The second-order valence-electron chi connectivity index (χ2n) is 4.37. The van der Waals surface area contributed by atoms with Gasteiger partial charge in [0.05, 0.1) is 12.2 Å². The summed E-state index contributed by atoms with van der Waals surface area (Å²) in [5.74, 6) is -0.175. The number of para-hydroxylation sites is 1. The fourth-order valence-electron chi connectivity index (χ4n) is 2.07. The molecule has 0 fully saturated rings. The Hall–Kier alpha value is -0.910. The Morgan fingerprint density at radius 2 is 2.21 bits per heavy atom. The summed E-state index contributed by atoms with van der Waals surface area (Å²) in [5.41, 5.74) is 1.64. The number of benzene rings is 1. The summed E-state index contributed by atoms with van der Waals surface area (Å²) in [7, 11) is 3.79. The molecule has 0 aliphatic rings. The summed E-state index contributed by atoms with van der Waals surface area (Å²) in [6, 6.07) is 7.28. The lowest BCUT2D eigenvalue weighted by molar-refractivity contribution is 0.618. The van der Waals surface area contributed by atoms with E-state index in [1.54, 1.807) is 17.4 Å². The highest BCUT2D eigenvalue weighted by atomic mass is 79.9. The van der Waals surface area contributed by atoms with E-state index in [4.69, 9.17) is 0 Å². The molecule has 0 bridgehead atoms. The molecule has 0 radical (unpaired) electrons. The lowest BCUT2D eigenvalue weighted by Gasteiger charge is -2.22. The van der Waals surface area contributed by atoms with Crippen LogP contribution in [0.2, 0.25) is 0 Å². The van der Waals surface area contributed by atoms with E-state index in [-0.39, 0.29) is 5.82 Å². The largest absolute Gasteiger partial charge is 0.367 e. The summed E-state index contributed by atoms with van der Waals surface area (Å²) >= 11 is 5.11. The van der Waals surface area contributed by atoms with Crippen molar-refractivity contribution in [2.45, 2.75) is 13.1 Å². The minimum atomic E-state index is -0.175. The standard InChI is InChI=1S/C14H16BrFN2S/c1-17-7-10-4-3-5-13(16)14(10)18(2)8-12-6-11(15)9-19-12/h3-6,9,17H,7-8H2,1-2H3. The number of nitrogens with zero attached hydrogens (tertiary/aromatic N) is 1. The quantitative estimate of drug-likeness (QED) is 0.883. The van der Waals surface area contributed by atoms with Crippen molar-refractivity contribution in [3.05, 3.63) is 50.4 Å². The molecule has 0 spiro atoms. The van der Waals surface area contributed by atoms with Crippen molar-refractivity contribution >= 4 is 33.0 Å². The number of anilines is 1. The van der Waals surface area contributed by atoms with Crippen molar-refractivity contribution in [3.63, 3.8) is 0 Å². The predicted octanol–water partition coefficient (Wildman–Crippen LogP) is 4.01. The smallest absolute Gasteiger partial charge is 0.146 e. The monoisotopic (exact) mass is 342 g/mol. The maximum absolute atomic E-state index is 14.1. The van der Waals surface area contributed by atoms with Crippen LogP contribution in [0.1, 0.15) is 10.4 Å². The Morgan fingerprint density at radius 3 is 2.84 bits per heavy atom. The van der Waals surface area contributed by atoms with E-state index in [1.165, 1.54) is 10.9 Å². The van der Waals surface area contributed by atoms with Crippen molar-refractivity contribution in [1.82, 2.24) is 5.32 Å². The lowest BCUT2D eigenvalue weighted by atomic mass is 10.1. The van der Waals surface area contributed by atoms with E-state index >= 15 is 0 Å². The molecule has 0 amide bonds. The summed E-state index contributed by atoms with van der Waals surface area (Å²) in [6.45, 7) is 1.36. The van der Waals surface area contributed by atoms with Gasteiger partial charge in [0.1, 0.15) is 5.82 Å². The number of hydrogen-bond donors (Lipinski definition) is 1. The molecule has 0 saturated heterocycles. The molecule has 2 rings (SSSR count). The van der Waals surface area contributed by atoms with Gasteiger partial charge in [0.15, 0.2) is 0 Å². The second kappa shape index (κ2) is 6.50. The molecule has 0 saturated carbocycles. The van der Waals surface area contributed by atoms with Crippen LogP contribution in [-0.2, 0) is 13.1 Å². The fraction of sp³-hybridized carbons (Fsp3) is 0.286. The molecule has 1 aromatic heterocycles. The third-order valence-electron chi connectivity index (χ3n) is 2.83. The average Bonchev–Trinajstić information content (AvgIpc) is 2.75. The molecule has 1 heterocycles. The SMILES string of the molecule is CNCc1cccc(F)c1N(C)Cc1cc(Br)cs1. The van der Waals surface area contributed by atoms with E-state index in [2.05, 4.69) is 27.3 Å². The summed E-state index contributed by atoms with van der Waals surface area (Å²) in [4.78, 5) is 3.16. The van der Waals surface area contributed by atoms with Crippen molar-refractivity contribution in [2.75, 3.05) is 19.0 Å². The van der Waals surface area contributed by atoms with Gasteiger partial charge in [-0.25, -0.2) is 4.39 Å². The average molecular weight is 343 g/mol. The van der Waals surface area contributed by atoms with E-state index in [9.17, 15) is 4.39 Å². The maximum atomic E-state index is 14.1. The number of halogens is 2. The zero-order chi connectivity index (χ0) is 13.8. The number of nitrogens with one attached hydrogen (secondary N) is 1. The van der Waals surface area contributed by atoms with Gasteiger partial charge in [0.25, 0.3) is 0 Å². The molecule has 0 atom stereocenters. The van der Waals surface area contributed by atoms with E-state index < -0.39 is 0 Å². The van der Waals surface area contributed by atoms with Crippen LogP contribution >= 0.6 is 27.3 Å². The number of thiophene rings is 1. The van der Waals surface area contributed by atoms with E-state index in [0.29, 0.717) is 18.8 Å². The predicted molar refractivity (Wildman–Crippen MR) is 83.3 cm³/mol. The van der Waals surface area contributed by atoms with Crippen LogP contribution in [0.25, 0.3) is 0 Å². The molecular weight excluding hydrogens is 327 g/mol. The number of rotatable bonds is 5. The Morgan fingerprint density at radius 1 is 1.42 bits per heavy atom. The maximum Gasteiger partial charge on any atom is 0.146 e. The van der Waals surface area contributed by atoms with Crippen molar-refractivity contribution in [3.8, 4) is 0 Å². The number of hydrogen-bond acceptors (Lipinski definition) is 3. The third-order valence-corrected chi connectivity index (χ3v) is 4.52. The second-order valence-corrected chi connectivity index (χ2v) is 6.28. The first kappa shape index (κ1) is 14.5. The van der Waals surface area contributed by atoms with Gasteiger partial charge < -0.3 is 10.2 Å². The zero-order valence-corrected chi connectivity index (χ0v) is 13.3. The summed E-state index contributed by atoms with van der Waals surface area (Å²) in [6.07, 6.45) is 0. The van der Waals surface area contributed by atoms with Gasteiger partial charge in [-0.2, -0.15) is 0 Å². The molecule has 102 valence electrons. The topological polar surface area (TPSA) is 15.3 Å². The molecule has 0 aliphatic heterocycles. The van der Waals surface area contributed by atoms with Crippen molar-refractivity contribution in [1.29, 1.82) is 0 Å². The molecule has 0 aliphatic carbocycles. The fourth-order valence-corrected chi connectivity index (χ4v) is 3.57. The molecule has 5 heteroatoms. The van der Waals surface area contributed by atoms with Crippen LogP contribution in [0.3, 0.4) is 0 Å². The Bertz CT molecular complexity index is 556.